The third-order valence-corrected chi connectivity index (χ3v) is 3.77. The van der Waals surface area contributed by atoms with Gasteiger partial charge < -0.3 is 15.5 Å². The van der Waals surface area contributed by atoms with Gasteiger partial charge in [-0.05, 0) is 58.1 Å². The molecule has 0 radical (unpaired) electrons. The van der Waals surface area contributed by atoms with Crippen molar-refractivity contribution in [2.75, 3.05) is 32.5 Å². The second kappa shape index (κ2) is 6.87. The number of anilines is 1. The SMILES string of the molecule is CN(C)CCCNC(=O)C1(C(=O)Nc2cccc(F)c2)CC1. The molecule has 1 aliphatic rings. The summed E-state index contributed by atoms with van der Waals surface area (Å²) in [6, 6.07) is 5.67. The summed E-state index contributed by atoms with van der Waals surface area (Å²) < 4.78 is 13.1. The second-order valence-corrected chi connectivity index (χ2v) is 5.96. The van der Waals surface area contributed by atoms with E-state index in [1.165, 1.54) is 18.2 Å². The molecule has 120 valence electrons. The van der Waals surface area contributed by atoms with E-state index in [1.54, 1.807) is 6.07 Å². The van der Waals surface area contributed by atoms with Crippen molar-refractivity contribution in [3.63, 3.8) is 0 Å². The maximum atomic E-state index is 13.1. The molecule has 0 aromatic heterocycles. The normalized spacial score (nSPS) is 15.5. The van der Waals surface area contributed by atoms with E-state index in [0.29, 0.717) is 25.1 Å². The van der Waals surface area contributed by atoms with Gasteiger partial charge in [0.2, 0.25) is 11.8 Å². The minimum absolute atomic E-state index is 0.236. The van der Waals surface area contributed by atoms with Crippen LogP contribution in [0.25, 0.3) is 0 Å². The van der Waals surface area contributed by atoms with Crippen LogP contribution in [0.15, 0.2) is 24.3 Å². The fourth-order valence-corrected chi connectivity index (χ4v) is 2.27. The third-order valence-electron chi connectivity index (χ3n) is 3.77. The van der Waals surface area contributed by atoms with Crippen molar-refractivity contribution in [2.45, 2.75) is 19.3 Å². The topological polar surface area (TPSA) is 61.4 Å². The molecule has 0 bridgehead atoms. The van der Waals surface area contributed by atoms with Gasteiger partial charge in [-0.25, -0.2) is 4.39 Å². The highest BCUT2D eigenvalue weighted by Gasteiger charge is 2.56. The lowest BCUT2D eigenvalue weighted by molar-refractivity contribution is -0.134. The monoisotopic (exact) mass is 307 g/mol. The van der Waals surface area contributed by atoms with E-state index in [9.17, 15) is 14.0 Å². The number of nitrogens with zero attached hydrogens (tertiary/aromatic N) is 1. The van der Waals surface area contributed by atoms with Crippen LogP contribution in [0, 0.1) is 11.2 Å². The van der Waals surface area contributed by atoms with Crippen LogP contribution in [-0.2, 0) is 9.59 Å². The zero-order valence-electron chi connectivity index (χ0n) is 13.0. The van der Waals surface area contributed by atoms with Gasteiger partial charge in [-0.3, -0.25) is 9.59 Å². The first kappa shape index (κ1) is 16.4. The molecule has 0 heterocycles. The number of carbonyl (C=O) groups is 2. The van der Waals surface area contributed by atoms with Gasteiger partial charge in [0.15, 0.2) is 0 Å². The quantitative estimate of drug-likeness (QED) is 0.594. The lowest BCUT2D eigenvalue weighted by Crippen LogP contribution is -2.40. The number of benzene rings is 1. The third kappa shape index (κ3) is 4.04. The van der Waals surface area contributed by atoms with Crippen LogP contribution in [0.5, 0.6) is 0 Å². The van der Waals surface area contributed by atoms with Crippen LogP contribution in [0.2, 0.25) is 0 Å². The van der Waals surface area contributed by atoms with Crippen molar-refractivity contribution in [2.24, 2.45) is 5.41 Å². The molecule has 5 nitrogen and oxygen atoms in total. The Morgan fingerprint density at radius 2 is 2.00 bits per heavy atom. The van der Waals surface area contributed by atoms with Crippen LogP contribution in [0.4, 0.5) is 10.1 Å². The van der Waals surface area contributed by atoms with Crippen LogP contribution in [0.3, 0.4) is 0 Å². The van der Waals surface area contributed by atoms with E-state index in [1.807, 2.05) is 19.0 Å². The highest BCUT2D eigenvalue weighted by atomic mass is 19.1. The number of rotatable bonds is 7. The van der Waals surface area contributed by atoms with Gasteiger partial charge in [0.05, 0.1) is 0 Å². The molecule has 2 N–H and O–H groups in total. The van der Waals surface area contributed by atoms with Gasteiger partial charge in [-0.1, -0.05) is 6.07 Å². The van der Waals surface area contributed by atoms with Crippen molar-refractivity contribution in [3.8, 4) is 0 Å². The number of hydrogen-bond acceptors (Lipinski definition) is 3. The molecule has 0 spiro atoms. The van der Waals surface area contributed by atoms with E-state index in [4.69, 9.17) is 0 Å². The van der Waals surface area contributed by atoms with Crippen molar-refractivity contribution in [1.29, 1.82) is 0 Å². The molecule has 0 saturated heterocycles. The summed E-state index contributed by atoms with van der Waals surface area (Å²) in [7, 11) is 3.94. The van der Waals surface area contributed by atoms with Crippen LogP contribution >= 0.6 is 0 Å². The lowest BCUT2D eigenvalue weighted by atomic mass is 10.0. The van der Waals surface area contributed by atoms with Crippen molar-refractivity contribution < 1.29 is 14.0 Å². The molecule has 2 amide bonds. The molecule has 1 aliphatic carbocycles. The Labute approximate surface area is 129 Å². The molecule has 0 unspecified atom stereocenters. The number of nitrogens with one attached hydrogen (secondary N) is 2. The Morgan fingerprint density at radius 1 is 1.27 bits per heavy atom. The Balaban J connectivity index is 1.87. The lowest BCUT2D eigenvalue weighted by Gasteiger charge is -2.16. The molecule has 1 aromatic carbocycles. The first-order valence-electron chi connectivity index (χ1n) is 7.44. The summed E-state index contributed by atoms with van der Waals surface area (Å²) in [5.74, 6) is -1.01. The number of halogens is 1. The minimum Gasteiger partial charge on any atom is -0.355 e. The van der Waals surface area contributed by atoms with Gasteiger partial charge in [-0.2, -0.15) is 0 Å². The predicted molar refractivity (Wildman–Crippen MR) is 82.9 cm³/mol. The first-order valence-corrected chi connectivity index (χ1v) is 7.44. The molecule has 0 atom stereocenters. The van der Waals surface area contributed by atoms with E-state index in [0.717, 1.165) is 13.0 Å². The summed E-state index contributed by atoms with van der Waals surface area (Å²) in [6.45, 7) is 1.43. The van der Waals surface area contributed by atoms with Crippen molar-refractivity contribution in [3.05, 3.63) is 30.1 Å². The molecule has 1 fully saturated rings. The Morgan fingerprint density at radius 3 is 2.59 bits per heavy atom. The van der Waals surface area contributed by atoms with Gasteiger partial charge >= 0.3 is 0 Å². The molecular formula is C16H22FN3O2. The zero-order valence-corrected chi connectivity index (χ0v) is 13.0. The number of hydrogen-bond donors (Lipinski definition) is 2. The van der Waals surface area contributed by atoms with Crippen LogP contribution in [-0.4, -0.2) is 43.9 Å². The molecule has 1 saturated carbocycles. The van der Waals surface area contributed by atoms with Crippen molar-refractivity contribution >= 4 is 17.5 Å². The summed E-state index contributed by atoms with van der Waals surface area (Å²) in [4.78, 5) is 26.5. The van der Waals surface area contributed by atoms with Gasteiger partial charge in [-0.15, -0.1) is 0 Å². The Hall–Kier alpha value is -1.95. The molecule has 0 aliphatic heterocycles. The smallest absolute Gasteiger partial charge is 0.240 e. The molecule has 2 rings (SSSR count). The fourth-order valence-electron chi connectivity index (χ4n) is 2.27. The van der Waals surface area contributed by atoms with Gasteiger partial charge in [0.1, 0.15) is 11.2 Å². The average Bonchev–Trinajstić information content (AvgIpc) is 3.25. The molecule has 1 aromatic rings. The highest BCUT2D eigenvalue weighted by molar-refractivity contribution is 6.13. The maximum Gasteiger partial charge on any atom is 0.240 e. The first-order chi connectivity index (χ1) is 10.4. The van der Waals surface area contributed by atoms with E-state index >= 15 is 0 Å². The van der Waals surface area contributed by atoms with Crippen molar-refractivity contribution in [1.82, 2.24) is 10.2 Å². The van der Waals surface area contributed by atoms with E-state index in [-0.39, 0.29) is 11.8 Å². The van der Waals surface area contributed by atoms with E-state index < -0.39 is 11.2 Å². The molecular weight excluding hydrogens is 285 g/mol. The summed E-state index contributed by atoms with van der Waals surface area (Å²) in [5.41, 5.74) is -0.610. The van der Waals surface area contributed by atoms with Crippen LogP contribution in [0.1, 0.15) is 19.3 Å². The Kier molecular flexibility index (Phi) is 5.13. The summed E-state index contributed by atoms with van der Waals surface area (Å²) >= 11 is 0. The number of carbonyl (C=O) groups excluding carboxylic acids is 2. The second-order valence-electron chi connectivity index (χ2n) is 5.96. The maximum absolute atomic E-state index is 13.1. The number of amides is 2. The highest BCUT2D eigenvalue weighted by Crippen LogP contribution is 2.46. The Bertz CT molecular complexity index is 556. The standard InChI is InChI=1S/C16H22FN3O2/c1-20(2)10-4-9-18-14(21)16(7-8-16)15(22)19-13-6-3-5-12(17)11-13/h3,5-6,11H,4,7-10H2,1-2H3,(H,18,21)(H,19,22). The minimum atomic E-state index is -0.982. The molecule has 22 heavy (non-hydrogen) atoms. The largest absolute Gasteiger partial charge is 0.355 e. The average molecular weight is 307 g/mol. The predicted octanol–water partition coefficient (Wildman–Crippen LogP) is 1.61. The van der Waals surface area contributed by atoms with E-state index in [2.05, 4.69) is 10.6 Å². The van der Waals surface area contributed by atoms with Gasteiger partial charge in [0, 0.05) is 12.2 Å². The molecule has 6 heteroatoms. The fraction of sp³-hybridized carbons (Fsp3) is 0.500. The summed E-state index contributed by atoms with van der Waals surface area (Å²) in [5, 5.41) is 5.45. The van der Waals surface area contributed by atoms with Crippen LogP contribution < -0.4 is 10.6 Å². The zero-order chi connectivity index (χ0) is 16.2. The van der Waals surface area contributed by atoms with Gasteiger partial charge in [0.25, 0.3) is 0 Å². The summed E-state index contributed by atoms with van der Waals surface area (Å²) in [6.07, 6.45) is 1.90.